The van der Waals surface area contributed by atoms with E-state index in [9.17, 15) is 4.79 Å². The summed E-state index contributed by atoms with van der Waals surface area (Å²) in [5.74, 6) is -1.04. The molecule has 0 radical (unpaired) electrons. The standard InChI is InChI=1S/C21H18Cl2N2O2/c1-12-4-5-16(9-19(12)22)24-11-15-8-13(2)25(14(15)3)17-6-7-18(21(26)27)20(23)10-17/h4-11H,1-3H3,(H,26,27). The molecule has 1 heterocycles. The second-order valence-corrected chi connectivity index (χ2v) is 7.14. The third-order valence-electron chi connectivity index (χ3n) is 4.42. The Labute approximate surface area is 167 Å². The normalized spacial score (nSPS) is 11.3. The number of halogens is 2. The van der Waals surface area contributed by atoms with E-state index in [1.807, 2.05) is 49.6 Å². The van der Waals surface area contributed by atoms with Gasteiger partial charge in [-0.1, -0.05) is 29.3 Å². The first-order valence-electron chi connectivity index (χ1n) is 8.30. The SMILES string of the molecule is Cc1ccc(N=Cc2cc(C)n(-c3ccc(C(=O)O)c(Cl)c3)c2C)cc1Cl. The molecule has 0 spiro atoms. The first-order valence-corrected chi connectivity index (χ1v) is 9.06. The van der Waals surface area contributed by atoms with Crippen LogP contribution in [-0.4, -0.2) is 21.9 Å². The molecule has 6 heteroatoms. The number of nitrogens with zero attached hydrogens (tertiary/aromatic N) is 2. The molecule has 1 aromatic heterocycles. The van der Waals surface area contributed by atoms with E-state index in [2.05, 4.69) is 4.99 Å². The minimum absolute atomic E-state index is 0.0842. The van der Waals surface area contributed by atoms with Crippen molar-refractivity contribution in [3.8, 4) is 5.69 Å². The number of carboxylic acid groups (broad SMARTS) is 1. The topological polar surface area (TPSA) is 54.6 Å². The van der Waals surface area contributed by atoms with Gasteiger partial charge in [-0.25, -0.2) is 4.79 Å². The Hall–Kier alpha value is -2.56. The molecule has 4 nitrogen and oxygen atoms in total. The average Bonchev–Trinajstić information content (AvgIpc) is 2.89. The van der Waals surface area contributed by atoms with Crippen molar-refractivity contribution in [1.82, 2.24) is 4.57 Å². The van der Waals surface area contributed by atoms with Crippen LogP contribution in [0.4, 0.5) is 5.69 Å². The van der Waals surface area contributed by atoms with Crippen LogP contribution in [-0.2, 0) is 0 Å². The van der Waals surface area contributed by atoms with Crippen molar-refractivity contribution in [2.45, 2.75) is 20.8 Å². The highest BCUT2D eigenvalue weighted by Gasteiger charge is 2.13. The van der Waals surface area contributed by atoms with Crippen LogP contribution >= 0.6 is 23.2 Å². The van der Waals surface area contributed by atoms with Gasteiger partial charge in [0, 0.05) is 33.9 Å². The fraction of sp³-hybridized carbons (Fsp3) is 0.143. The molecule has 0 aliphatic heterocycles. The van der Waals surface area contributed by atoms with Gasteiger partial charge in [0.1, 0.15) is 0 Å². The number of carbonyl (C=O) groups is 1. The molecule has 3 rings (SSSR count). The smallest absolute Gasteiger partial charge is 0.337 e. The molecular formula is C21H18Cl2N2O2. The van der Waals surface area contributed by atoms with E-state index in [1.54, 1.807) is 18.3 Å². The predicted molar refractivity (Wildman–Crippen MR) is 111 cm³/mol. The van der Waals surface area contributed by atoms with Gasteiger partial charge in [-0.05, 0) is 62.7 Å². The second kappa shape index (κ2) is 7.59. The van der Waals surface area contributed by atoms with Crippen molar-refractivity contribution in [1.29, 1.82) is 0 Å². The molecule has 2 aromatic carbocycles. The van der Waals surface area contributed by atoms with Crippen LogP contribution in [0.2, 0.25) is 10.0 Å². The summed E-state index contributed by atoms with van der Waals surface area (Å²) < 4.78 is 2.01. The van der Waals surface area contributed by atoms with Gasteiger partial charge in [-0.3, -0.25) is 4.99 Å². The molecule has 0 unspecified atom stereocenters. The highest BCUT2D eigenvalue weighted by molar-refractivity contribution is 6.33. The van der Waals surface area contributed by atoms with E-state index in [1.165, 1.54) is 6.07 Å². The largest absolute Gasteiger partial charge is 0.478 e. The Morgan fingerprint density at radius 3 is 2.41 bits per heavy atom. The summed E-state index contributed by atoms with van der Waals surface area (Å²) in [7, 11) is 0. The zero-order chi connectivity index (χ0) is 19.7. The lowest BCUT2D eigenvalue weighted by Gasteiger charge is -2.11. The molecule has 0 aliphatic carbocycles. The summed E-state index contributed by atoms with van der Waals surface area (Å²) >= 11 is 12.3. The lowest BCUT2D eigenvalue weighted by molar-refractivity contribution is 0.0697. The molecule has 0 atom stereocenters. The van der Waals surface area contributed by atoms with Gasteiger partial charge < -0.3 is 9.67 Å². The number of aliphatic imine (C=N–C) groups is 1. The van der Waals surface area contributed by atoms with Crippen LogP contribution in [0.1, 0.15) is 32.9 Å². The number of benzene rings is 2. The quantitative estimate of drug-likeness (QED) is 0.533. The maximum atomic E-state index is 11.2. The van der Waals surface area contributed by atoms with Gasteiger partial charge in [-0.2, -0.15) is 0 Å². The predicted octanol–water partition coefficient (Wildman–Crippen LogP) is 6.16. The number of aromatic carboxylic acids is 1. The van der Waals surface area contributed by atoms with Crippen LogP contribution in [0.15, 0.2) is 47.5 Å². The van der Waals surface area contributed by atoms with Crippen molar-refractivity contribution >= 4 is 41.1 Å². The number of aromatic nitrogens is 1. The lowest BCUT2D eigenvalue weighted by Crippen LogP contribution is -2.02. The molecule has 0 bridgehead atoms. The number of rotatable bonds is 4. The van der Waals surface area contributed by atoms with E-state index in [4.69, 9.17) is 28.3 Å². The molecule has 0 saturated heterocycles. The zero-order valence-corrected chi connectivity index (χ0v) is 16.6. The molecular weight excluding hydrogens is 383 g/mol. The van der Waals surface area contributed by atoms with Gasteiger partial charge in [0.25, 0.3) is 0 Å². The lowest BCUT2D eigenvalue weighted by atomic mass is 10.2. The van der Waals surface area contributed by atoms with Crippen LogP contribution in [0.3, 0.4) is 0 Å². The zero-order valence-electron chi connectivity index (χ0n) is 15.1. The van der Waals surface area contributed by atoms with Crippen LogP contribution in [0.25, 0.3) is 5.69 Å². The average molecular weight is 401 g/mol. The fourth-order valence-corrected chi connectivity index (χ4v) is 3.37. The van der Waals surface area contributed by atoms with Crippen molar-refractivity contribution in [3.63, 3.8) is 0 Å². The second-order valence-electron chi connectivity index (χ2n) is 6.32. The van der Waals surface area contributed by atoms with E-state index in [0.29, 0.717) is 5.02 Å². The minimum Gasteiger partial charge on any atom is -0.478 e. The third kappa shape index (κ3) is 3.92. The van der Waals surface area contributed by atoms with E-state index in [-0.39, 0.29) is 10.6 Å². The van der Waals surface area contributed by atoms with Gasteiger partial charge >= 0.3 is 5.97 Å². The van der Waals surface area contributed by atoms with Crippen LogP contribution in [0, 0.1) is 20.8 Å². The summed E-state index contributed by atoms with van der Waals surface area (Å²) in [4.78, 5) is 15.7. The number of aryl methyl sites for hydroxylation is 2. The minimum atomic E-state index is -1.04. The monoisotopic (exact) mass is 400 g/mol. The van der Waals surface area contributed by atoms with E-state index >= 15 is 0 Å². The number of hydrogen-bond donors (Lipinski definition) is 1. The summed E-state index contributed by atoms with van der Waals surface area (Å²) in [5.41, 5.74) is 5.62. The summed E-state index contributed by atoms with van der Waals surface area (Å²) in [6.07, 6.45) is 1.80. The molecule has 0 aliphatic rings. The fourth-order valence-electron chi connectivity index (χ4n) is 2.94. The number of carboxylic acids is 1. The van der Waals surface area contributed by atoms with Crippen molar-refractivity contribution < 1.29 is 9.90 Å². The Kier molecular flexibility index (Phi) is 5.40. The first kappa shape index (κ1) is 19.2. The maximum absolute atomic E-state index is 11.2. The van der Waals surface area contributed by atoms with E-state index < -0.39 is 5.97 Å². The Morgan fingerprint density at radius 2 is 1.78 bits per heavy atom. The summed E-state index contributed by atoms with van der Waals surface area (Å²) in [6.45, 7) is 5.91. The molecule has 1 N–H and O–H groups in total. The molecule has 0 saturated carbocycles. The maximum Gasteiger partial charge on any atom is 0.337 e. The van der Waals surface area contributed by atoms with Gasteiger partial charge in [0.05, 0.1) is 16.3 Å². The highest BCUT2D eigenvalue weighted by Crippen LogP contribution is 2.26. The van der Waals surface area contributed by atoms with Gasteiger partial charge in [0.15, 0.2) is 0 Å². The summed E-state index contributed by atoms with van der Waals surface area (Å²) in [6, 6.07) is 12.6. The first-order chi connectivity index (χ1) is 12.8. The number of hydrogen-bond acceptors (Lipinski definition) is 2. The van der Waals surface area contributed by atoms with Crippen LogP contribution < -0.4 is 0 Å². The molecule has 138 valence electrons. The van der Waals surface area contributed by atoms with E-state index in [0.717, 1.165) is 33.9 Å². The van der Waals surface area contributed by atoms with Crippen molar-refractivity contribution in [2.75, 3.05) is 0 Å². The van der Waals surface area contributed by atoms with Gasteiger partial charge in [0.2, 0.25) is 0 Å². The molecule has 0 fully saturated rings. The van der Waals surface area contributed by atoms with Crippen molar-refractivity contribution in [3.05, 3.63) is 80.6 Å². The Morgan fingerprint density at radius 1 is 1.04 bits per heavy atom. The summed E-state index contributed by atoms with van der Waals surface area (Å²) in [5, 5.41) is 10.0. The van der Waals surface area contributed by atoms with Gasteiger partial charge in [-0.15, -0.1) is 0 Å². The molecule has 27 heavy (non-hydrogen) atoms. The third-order valence-corrected chi connectivity index (χ3v) is 5.14. The highest BCUT2D eigenvalue weighted by atomic mass is 35.5. The van der Waals surface area contributed by atoms with Crippen molar-refractivity contribution in [2.24, 2.45) is 4.99 Å². The molecule has 0 amide bonds. The molecule has 3 aromatic rings. The van der Waals surface area contributed by atoms with Crippen LogP contribution in [0.5, 0.6) is 0 Å². The Balaban J connectivity index is 1.97. The Bertz CT molecular complexity index is 1070.